The third kappa shape index (κ3) is 4.47. The quantitative estimate of drug-likeness (QED) is 0.391. The van der Waals surface area contributed by atoms with Gasteiger partial charge in [-0.3, -0.25) is 14.6 Å². The minimum atomic E-state index is -4.71. The van der Waals surface area contributed by atoms with Gasteiger partial charge in [0.15, 0.2) is 0 Å². The molecule has 0 spiro atoms. The number of rotatable bonds is 7. The average Bonchev–Trinajstić information content (AvgIpc) is 3.28. The van der Waals surface area contributed by atoms with Gasteiger partial charge in [0.05, 0.1) is 0 Å². The minimum absolute atomic E-state index is 0.177. The normalized spacial score (nSPS) is 11.7. The molecule has 2 heterocycles. The molecule has 8 nitrogen and oxygen atoms in total. The molecule has 0 saturated heterocycles. The standard InChI is InChI=1S/C22H18F3N5O3/c1-29(16-17(19(32)18(16)31)30(2)12-14-4-3-9-26-10-14)11-13-5-7-15(8-6-13)20-27-21(33-28-20)22(23,24)25/h3-10H,11-12H2,1-2H3. The van der Waals surface area contributed by atoms with Crippen molar-refractivity contribution >= 4 is 11.4 Å². The molecule has 2 aromatic carbocycles. The number of benzene rings is 1. The van der Waals surface area contributed by atoms with E-state index in [2.05, 4.69) is 19.6 Å². The summed E-state index contributed by atoms with van der Waals surface area (Å²) in [5.74, 6) is -1.59. The Labute approximate surface area is 185 Å². The predicted octanol–water partition coefficient (Wildman–Crippen LogP) is 3.02. The Hall–Kier alpha value is -4.02. The zero-order valence-corrected chi connectivity index (χ0v) is 17.6. The summed E-state index contributed by atoms with van der Waals surface area (Å²) in [6.45, 7) is 0.720. The fourth-order valence-electron chi connectivity index (χ4n) is 3.49. The average molecular weight is 457 g/mol. The molecule has 0 amide bonds. The summed E-state index contributed by atoms with van der Waals surface area (Å²) in [5.41, 5.74) is 1.55. The van der Waals surface area contributed by atoms with Crippen molar-refractivity contribution in [3.8, 4) is 11.4 Å². The molecule has 4 rings (SSSR count). The lowest BCUT2D eigenvalue weighted by Gasteiger charge is -2.28. The minimum Gasteiger partial charge on any atom is -0.365 e. The van der Waals surface area contributed by atoms with Gasteiger partial charge in [-0.25, -0.2) is 0 Å². The van der Waals surface area contributed by atoms with E-state index in [1.807, 2.05) is 6.07 Å². The fraction of sp³-hybridized carbons (Fsp3) is 0.227. The highest BCUT2D eigenvalue weighted by atomic mass is 19.4. The number of halogens is 3. The van der Waals surface area contributed by atoms with Crippen LogP contribution in [0, 0.1) is 0 Å². The number of nitrogens with zero attached hydrogens (tertiary/aromatic N) is 5. The number of pyridine rings is 1. The molecule has 0 aliphatic carbocycles. The third-order valence-corrected chi connectivity index (χ3v) is 5.07. The maximum absolute atomic E-state index is 12.6. The van der Waals surface area contributed by atoms with Crippen molar-refractivity contribution in [1.82, 2.24) is 15.1 Å². The summed E-state index contributed by atoms with van der Waals surface area (Å²) < 4.78 is 42.2. The molecule has 0 saturated carbocycles. The van der Waals surface area contributed by atoms with Gasteiger partial charge in [0.1, 0.15) is 11.4 Å². The fourth-order valence-corrected chi connectivity index (χ4v) is 3.49. The second-order valence-corrected chi connectivity index (χ2v) is 7.55. The number of alkyl halides is 3. The van der Waals surface area contributed by atoms with Crippen LogP contribution in [-0.4, -0.2) is 29.2 Å². The molecule has 0 radical (unpaired) electrons. The van der Waals surface area contributed by atoms with E-state index in [0.717, 1.165) is 11.1 Å². The van der Waals surface area contributed by atoms with Gasteiger partial charge in [-0.1, -0.05) is 35.5 Å². The van der Waals surface area contributed by atoms with Gasteiger partial charge in [-0.2, -0.15) is 18.2 Å². The van der Waals surface area contributed by atoms with Crippen molar-refractivity contribution in [1.29, 1.82) is 0 Å². The van der Waals surface area contributed by atoms with Crippen molar-refractivity contribution < 1.29 is 17.7 Å². The van der Waals surface area contributed by atoms with Crippen LogP contribution in [0.15, 0.2) is 62.9 Å². The maximum atomic E-state index is 12.6. The zero-order chi connectivity index (χ0) is 23.8. The predicted molar refractivity (Wildman–Crippen MR) is 115 cm³/mol. The molecule has 4 aromatic rings. The van der Waals surface area contributed by atoms with E-state index in [9.17, 15) is 22.8 Å². The van der Waals surface area contributed by atoms with Crippen LogP contribution in [0.2, 0.25) is 0 Å². The first kappa shape index (κ1) is 22.2. The molecular weight excluding hydrogens is 439 g/mol. The Morgan fingerprint density at radius 2 is 1.52 bits per heavy atom. The topological polar surface area (TPSA) is 92.4 Å². The second-order valence-electron chi connectivity index (χ2n) is 7.55. The van der Waals surface area contributed by atoms with Gasteiger partial charge < -0.3 is 14.3 Å². The highest BCUT2D eigenvalue weighted by Gasteiger charge is 2.38. The molecule has 0 unspecified atom stereocenters. The molecule has 170 valence electrons. The van der Waals surface area contributed by atoms with E-state index in [0.29, 0.717) is 30.0 Å². The van der Waals surface area contributed by atoms with E-state index in [-0.39, 0.29) is 5.82 Å². The molecule has 0 bridgehead atoms. The van der Waals surface area contributed by atoms with Gasteiger partial charge in [0.25, 0.3) is 10.9 Å². The Bertz CT molecular complexity index is 1330. The van der Waals surface area contributed by atoms with Gasteiger partial charge in [0.2, 0.25) is 5.82 Å². The SMILES string of the molecule is CN(Cc1ccc(-c2noc(C(F)(F)F)n2)cc1)c1c(N(C)Cc2cccnc2)c(=O)c1=O. The third-order valence-electron chi connectivity index (χ3n) is 5.07. The van der Waals surface area contributed by atoms with E-state index in [1.165, 1.54) is 0 Å². The Morgan fingerprint density at radius 3 is 2.03 bits per heavy atom. The first-order valence-corrected chi connectivity index (χ1v) is 9.80. The van der Waals surface area contributed by atoms with Crippen LogP contribution >= 0.6 is 0 Å². The van der Waals surface area contributed by atoms with Crippen molar-refractivity contribution in [3.63, 3.8) is 0 Å². The van der Waals surface area contributed by atoms with E-state index in [1.54, 1.807) is 66.6 Å². The van der Waals surface area contributed by atoms with Crippen molar-refractivity contribution in [3.05, 3.63) is 86.3 Å². The van der Waals surface area contributed by atoms with Crippen LogP contribution in [-0.2, 0) is 19.3 Å². The summed E-state index contributed by atoms with van der Waals surface area (Å²) >= 11 is 0. The van der Waals surface area contributed by atoms with Gasteiger partial charge in [-0.05, 0) is 17.2 Å². The summed E-state index contributed by atoms with van der Waals surface area (Å²) in [5, 5.41) is 3.36. The molecule has 0 fully saturated rings. The Kier molecular flexibility index (Phi) is 5.71. The molecule has 11 heteroatoms. The highest BCUT2D eigenvalue weighted by Crippen LogP contribution is 2.30. The summed E-state index contributed by atoms with van der Waals surface area (Å²) in [4.78, 5) is 35.3. The van der Waals surface area contributed by atoms with Crippen LogP contribution in [0.1, 0.15) is 17.0 Å². The van der Waals surface area contributed by atoms with Crippen LogP contribution in [0.4, 0.5) is 24.5 Å². The van der Waals surface area contributed by atoms with Crippen LogP contribution in [0.5, 0.6) is 0 Å². The smallest absolute Gasteiger partial charge is 0.365 e. The first-order valence-electron chi connectivity index (χ1n) is 9.80. The van der Waals surface area contributed by atoms with E-state index >= 15 is 0 Å². The number of hydrogen-bond acceptors (Lipinski definition) is 8. The number of aromatic nitrogens is 3. The maximum Gasteiger partial charge on any atom is 0.471 e. The van der Waals surface area contributed by atoms with E-state index in [4.69, 9.17) is 0 Å². The summed E-state index contributed by atoms with van der Waals surface area (Å²) in [7, 11) is 3.43. The van der Waals surface area contributed by atoms with Crippen molar-refractivity contribution in [2.75, 3.05) is 23.9 Å². The number of anilines is 2. The van der Waals surface area contributed by atoms with Crippen LogP contribution in [0.3, 0.4) is 0 Å². The number of hydrogen-bond donors (Lipinski definition) is 0. The van der Waals surface area contributed by atoms with Crippen molar-refractivity contribution in [2.24, 2.45) is 0 Å². The summed E-state index contributed by atoms with van der Waals surface area (Å²) in [6, 6.07) is 10.2. The van der Waals surface area contributed by atoms with E-state index < -0.39 is 22.9 Å². The van der Waals surface area contributed by atoms with Crippen LogP contribution < -0.4 is 20.7 Å². The zero-order valence-electron chi connectivity index (χ0n) is 17.6. The Balaban J connectivity index is 1.48. The molecule has 33 heavy (non-hydrogen) atoms. The van der Waals surface area contributed by atoms with Gasteiger partial charge in [-0.15, -0.1) is 0 Å². The molecular formula is C22H18F3N5O3. The lowest BCUT2D eigenvalue weighted by molar-refractivity contribution is -0.159. The second kappa shape index (κ2) is 8.49. The molecule has 0 N–H and O–H groups in total. The first-order chi connectivity index (χ1) is 15.6. The molecule has 0 aliphatic heterocycles. The largest absolute Gasteiger partial charge is 0.471 e. The Morgan fingerprint density at radius 1 is 0.909 bits per heavy atom. The monoisotopic (exact) mass is 457 g/mol. The molecule has 2 aromatic heterocycles. The van der Waals surface area contributed by atoms with Crippen molar-refractivity contribution in [2.45, 2.75) is 19.3 Å². The summed E-state index contributed by atoms with van der Waals surface area (Å²) in [6.07, 6.45) is -1.37. The highest BCUT2D eigenvalue weighted by molar-refractivity contribution is 5.76. The molecule has 0 aliphatic rings. The van der Waals surface area contributed by atoms with Crippen LogP contribution in [0.25, 0.3) is 11.4 Å². The van der Waals surface area contributed by atoms with Gasteiger partial charge >= 0.3 is 12.1 Å². The lowest BCUT2D eigenvalue weighted by Crippen LogP contribution is -2.44. The molecule has 0 atom stereocenters. The van der Waals surface area contributed by atoms with Gasteiger partial charge in [0, 0.05) is 45.1 Å². The lowest BCUT2D eigenvalue weighted by atomic mass is 10.1.